The molecular weight excluding hydrogens is 424 g/mol. The SMILES string of the molecule is C[C@@H](Oc1ccc(S(=O)(=O)Nc2ccc3c(c2)OCCO3)cc1)C(=O)N1CCOCC1. The molecule has 1 fully saturated rings. The normalized spacial score (nSPS) is 17.0. The number of hydrogen-bond acceptors (Lipinski definition) is 7. The second kappa shape index (κ2) is 9.03. The van der Waals surface area contributed by atoms with E-state index in [2.05, 4.69) is 4.72 Å². The van der Waals surface area contributed by atoms with Crippen LogP contribution in [0.1, 0.15) is 6.92 Å². The van der Waals surface area contributed by atoms with Crippen molar-refractivity contribution >= 4 is 21.6 Å². The van der Waals surface area contributed by atoms with Crippen LogP contribution in [0, 0.1) is 0 Å². The van der Waals surface area contributed by atoms with E-state index >= 15 is 0 Å². The summed E-state index contributed by atoms with van der Waals surface area (Å²) in [5.74, 6) is 1.36. The topological polar surface area (TPSA) is 103 Å². The zero-order valence-electron chi connectivity index (χ0n) is 17.1. The molecule has 9 nitrogen and oxygen atoms in total. The Balaban J connectivity index is 1.40. The monoisotopic (exact) mass is 448 g/mol. The highest BCUT2D eigenvalue weighted by molar-refractivity contribution is 7.92. The zero-order valence-corrected chi connectivity index (χ0v) is 17.9. The molecule has 1 amide bonds. The number of nitrogens with zero attached hydrogens (tertiary/aromatic N) is 1. The molecule has 2 aliphatic heterocycles. The summed E-state index contributed by atoms with van der Waals surface area (Å²) in [4.78, 5) is 14.2. The van der Waals surface area contributed by atoms with Crippen molar-refractivity contribution in [2.75, 3.05) is 44.2 Å². The first-order valence-corrected chi connectivity index (χ1v) is 11.5. The summed E-state index contributed by atoms with van der Waals surface area (Å²) in [5, 5.41) is 0. The van der Waals surface area contributed by atoms with Gasteiger partial charge in [-0.15, -0.1) is 0 Å². The predicted octanol–water partition coefficient (Wildman–Crippen LogP) is 1.88. The lowest BCUT2D eigenvalue weighted by molar-refractivity contribution is -0.142. The first-order chi connectivity index (χ1) is 14.9. The van der Waals surface area contributed by atoms with E-state index in [0.29, 0.717) is 62.5 Å². The standard InChI is InChI=1S/C21H24N2O7S/c1-15(21(24)23-8-10-27-11-9-23)30-17-3-5-18(6-4-17)31(25,26)22-16-2-7-19-20(14-16)29-13-12-28-19/h2-7,14-15,22H,8-13H2,1H3/t15-/m1/s1. The summed E-state index contributed by atoms with van der Waals surface area (Å²) in [7, 11) is -3.81. The van der Waals surface area contributed by atoms with E-state index in [4.69, 9.17) is 18.9 Å². The van der Waals surface area contributed by atoms with Crippen molar-refractivity contribution in [3.05, 3.63) is 42.5 Å². The van der Waals surface area contributed by atoms with E-state index in [1.54, 1.807) is 30.0 Å². The number of fused-ring (bicyclic) bond motifs is 1. The van der Waals surface area contributed by atoms with Gasteiger partial charge in [0.15, 0.2) is 17.6 Å². The molecule has 2 aromatic rings. The van der Waals surface area contributed by atoms with Crippen molar-refractivity contribution in [1.29, 1.82) is 0 Å². The predicted molar refractivity (Wildman–Crippen MR) is 112 cm³/mol. The van der Waals surface area contributed by atoms with Crippen molar-refractivity contribution in [3.8, 4) is 17.2 Å². The number of sulfonamides is 1. The Hall–Kier alpha value is -2.98. The summed E-state index contributed by atoms with van der Waals surface area (Å²) in [6.07, 6.45) is -0.684. The van der Waals surface area contributed by atoms with Crippen molar-refractivity contribution in [2.45, 2.75) is 17.9 Å². The Bertz CT molecular complexity index is 1030. The maximum Gasteiger partial charge on any atom is 0.263 e. The van der Waals surface area contributed by atoms with Crippen LogP contribution < -0.4 is 18.9 Å². The lowest BCUT2D eigenvalue weighted by Crippen LogP contribution is -2.46. The molecular formula is C21H24N2O7S. The largest absolute Gasteiger partial charge is 0.486 e. The third-order valence-corrected chi connectivity index (χ3v) is 6.31. The lowest BCUT2D eigenvalue weighted by Gasteiger charge is -2.29. The van der Waals surface area contributed by atoms with Crippen LogP contribution in [0.5, 0.6) is 17.2 Å². The van der Waals surface area contributed by atoms with Gasteiger partial charge in [-0.1, -0.05) is 0 Å². The molecule has 2 heterocycles. The molecule has 31 heavy (non-hydrogen) atoms. The molecule has 1 N–H and O–H groups in total. The second-order valence-corrected chi connectivity index (χ2v) is 8.82. The van der Waals surface area contributed by atoms with E-state index in [9.17, 15) is 13.2 Å². The molecule has 1 atom stereocenters. The van der Waals surface area contributed by atoms with Gasteiger partial charge in [0, 0.05) is 19.2 Å². The summed E-state index contributed by atoms with van der Waals surface area (Å²) in [6, 6.07) is 10.8. The average Bonchev–Trinajstić information content (AvgIpc) is 2.79. The number of anilines is 1. The molecule has 166 valence electrons. The minimum absolute atomic E-state index is 0.0712. The molecule has 0 bridgehead atoms. The third-order valence-electron chi connectivity index (χ3n) is 4.91. The van der Waals surface area contributed by atoms with Crippen molar-refractivity contribution < 1.29 is 32.2 Å². The van der Waals surface area contributed by atoms with Crippen molar-refractivity contribution in [2.24, 2.45) is 0 Å². The number of rotatable bonds is 6. The fourth-order valence-electron chi connectivity index (χ4n) is 3.31. The van der Waals surface area contributed by atoms with Crippen molar-refractivity contribution in [3.63, 3.8) is 0 Å². The number of nitrogens with one attached hydrogen (secondary N) is 1. The van der Waals surface area contributed by atoms with Crippen molar-refractivity contribution in [1.82, 2.24) is 4.90 Å². The number of carbonyl (C=O) groups excluding carboxylic acids is 1. The number of amides is 1. The summed E-state index contributed by atoms with van der Waals surface area (Å²) < 4.78 is 49.9. The van der Waals surface area contributed by atoms with Crippen LogP contribution in [0.4, 0.5) is 5.69 Å². The highest BCUT2D eigenvalue weighted by Gasteiger charge is 2.24. The molecule has 2 aromatic carbocycles. The van der Waals surface area contributed by atoms with Gasteiger partial charge in [0.1, 0.15) is 19.0 Å². The Kier molecular flexibility index (Phi) is 6.19. The number of benzene rings is 2. The maximum atomic E-state index is 12.7. The second-order valence-electron chi connectivity index (χ2n) is 7.13. The van der Waals surface area contributed by atoms with E-state index in [0.717, 1.165) is 0 Å². The molecule has 1 saturated heterocycles. The number of carbonyl (C=O) groups is 1. The fourth-order valence-corrected chi connectivity index (χ4v) is 4.36. The van der Waals surface area contributed by atoms with E-state index in [1.165, 1.54) is 24.3 Å². The highest BCUT2D eigenvalue weighted by Crippen LogP contribution is 2.33. The Morgan fingerprint density at radius 3 is 2.39 bits per heavy atom. The van der Waals surface area contributed by atoms with Crippen LogP contribution in [-0.2, 0) is 19.6 Å². The summed E-state index contributed by atoms with van der Waals surface area (Å²) in [5.41, 5.74) is 0.370. The molecule has 0 unspecified atom stereocenters. The molecule has 2 aliphatic rings. The van der Waals surface area contributed by atoms with E-state index in [1.807, 2.05) is 0 Å². The van der Waals surface area contributed by atoms with Crippen LogP contribution in [0.25, 0.3) is 0 Å². The average molecular weight is 448 g/mol. The molecule has 4 rings (SSSR count). The maximum absolute atomic E-state index is 12.7. The molecule has 10 heteroatoms. The van der Waals surface area contributed by atoms with Gasteiger partial charge in [-0.25, -0.2) is 8.42 Å². The van der Waals surface area contributed by atoms with Crippen LogP contribution in [-0.4, -0.2) is 64.8 Å². The van der Waals surface area contributed by atoms with Gasteiger partial charge in [-0.2, -0.15) is 0 Å². The third kappa shape index (κ3) is 5.02. The van der Waals surface area contributed by atoms with Gasteiger partial charge in [0.05, 0.1) is 23.8 Å². The number of morpholine rings is 1. The van der Waals surface area contributed by atoms with Crippen LogP contribution >= 0.6 is 0 Å². The van der Waals surface area contributed by atoms with Gasteiger partial charge < -0.3 is 23.8 Å². The minimum atomic E-state index is -3.81. The minimum Gasteiger partial charge on any atom is -0.486 e. The fraction of sp³-hybridized carbons (Fsp3) is 0.381. The molecule has 0 radical (unpaired) electrons. The first-order valence-electron chi connectivity index (χ1n) is 9.98. The zero-order chi connectivity index (χ0) is 21.8. The van der Waals surface area contributed by atoms with Gasteiger partial charge in [-0.3, -0.25) is 9.52 Å². The van der Waals surface area contributed by atoms with Gasteiger partial charge in [0.2, 0.25) is 0 Å². The molecule has 0 spiro atoms. The van der Waals surface area contributed by atoms with E-state index < -0.39 is 16.1 Å². The quantitative estimate of drug-likeness (QED) is 0.720. The van der Waals surface area contributed by atoms with Crippen LogP contribution in [0.15, 0.2) is 47.4 Å². The van der Waals surface area contributed by atoms with Crippen LogP contribution in [0.2, 0.25) is 0 Å². The Morgan fingerprint density at radius 2 is 1.68 bits per heavy atom. The molecule has 0 aliphatic carbocycles. The summed E-state index contributed by atoms with van der Waals surface area (Å²) >= 11 is 0. The van der Waals surface area contributed by atoms with E-state index in [-0.39, 0.29) is 10.8 Å². The van der Waals surface area contributed by atoms with Gasteiger partial charge >= 0.3 is 0 Å². The Labute approximate surface area is 180 Å². The molecule has 0 saturated carbocycles. The van der Waals surface area contributed by atoms with Gasteiger partial charge in [0.25, 0.3) is 15.9 Å². The Morgan fingerprint density at radius 1 is 1.00 bits per heavy atom. The summed E-state index contributed by atoms with van der Waals surface area (Å²) in [6.45, 7) is 4.65. The molecule has 0 aromatic heterocycles. The number of ether oxygens (including phenoxy) is 4. The van der Waals surface area contributed by atoms with Gasteiger partial charge in [-0.05, 0) is 43.3 Å². The highest BCUT2D eigenvalue weighted by atomic mass is 32.2. The smallest absolute Gasteiger partial charge is 0.263 e. The first kappa shape index (κ1) is 21.3. The lowest BCUT2D eigenvalue weighted by atomic mass is 10.3. The van der Waals surface area contributed by atoms with Crippen LogP contribution in [0.3, 0.4) is 0 Å². The number of hydrogen-bond donors (Lipinski definition) is 1.